The number of aliphatic hydroxyl groups excluding tert-OH is 1. The molecule has 0 saturated carbocycles. The number of rotatable bonds is 7. The molecule has 2 rings (SSSR count). The summed E-state index contributed by atoms with van der Waals surface area (Å²) in [6, 6.07) is 10.1. The van der Waals surface area contributed by atoms with Crippen LogP contribution in [0.15, 0.2) is 42.7 Å². The smallest absolute Gasteiger partial charge is 0.0791 e. The minimum absolute atomic E-state index is 0.339. The maximum atomic E-state index is 9.75. The van der Waals surface area contributed by atoms with Gasteiger partial charge in [-0.25, -0.2) is 4.68 Å². The largest absolute Gasteiger partial charge is 0.390 e. The average molecular weight is 274 g/mol. The van der Waals surface area contributed by atoms with E-state index in [-0.39, 0.29) is 6.10 Å². The lowest BCUT2D eigenvalue weighted by Gasteiger charge is -2.16. The summed E-state index contributed by atoms with van der Waals surface area (Å²) >= 11 is 0. The highest BCUT2D eigenvalue weighted by Crippen LogP contribution is 2.08. The Labute approximate surface area is 119 Å². The Bertz CT molecular complexity index is 493. The molecule has 0 radical (unpaired) electrons. The standard InChI is InChI=1S/C15H22N4O/c1-18(2)12-15(20)11-16-10-13-4-6-14(7-5-13)19-9-3-8-17-19/h3-9,15-16,20H,10-12H2,1-2H3. The molecule has 1 aromatic carbocycles. The van der Waals surface area contributed by atoms with Gasteiger partial charge in [-0.2, -0.15) is 5.10 Å². The Morgan fingerprint density at radius 3 is 2.65 bits per heavy atom. The fourth-order valence-electron chi connectivity index (χ4n) is 2.06. The van der Waals surface area contributed by atoms with E-state index in [0.717, 1.165) is 12.2 Å². The molecular formula is C15H22N4O. The van der Waals surface area contributed by atoms with Gasteiger partial charge in [0.1, 0.15) is 0 Å². The summed E-state index contributed by atoms with van der Waals surface area (Å²) in [5.41, 5.74) is 2.24. The van der Waals surface area contributed by atoms with Crippen molar-refractivity contribution in [2.45, 2.75) is 12.6 Å². The number of aliphatic hydroxyl groups is 1. The highest BCUT2D eigenvalue weighted by Gasteiger charge is 2.04. The molecule has 0 aliphatic heterocycles. The van der Waals surface area contributed by atoms with E-state index in [1.54, 1.807) is 6.20 Å². The summed E-state index contributed by atoms with van der Waals surface area (Å²) in [5, 5.41) is 17.2. The summed E-state index contributed by atoms with van der Waals surface area (Å²) in [6.07, 6.45) is 3.35. The molecule has 5 nitrogen and oxygen atoms in total. The third-order valence-electron chi connectivity index (χ3n) is 2.99. The predicted octanol–water partition coefficient (Wildman–Crippen LogP) is 0.884. The maximum Gasteiger partial charge on any atom is 0.0791 e. The predicted molar refractivity (Wildman–Crippen MR) is 79.8 cm³/mol. The van der Waals surface area contributed by atoms with Crippen LogP contribution in [-0.4, -0.2) is 53.1 Å². The zero-order chi connectivity index (χ0) is 14.4. The van der Waals surface area contributed by atoms with E-state index < -0.39 is 0 Å². The van der Waals surface area contributed by atoms with Gasteiger partial charge in [-0.15, -0.1) is 0 Å². The second kappa shape index (κ2) is 7.19. The monoisotopic (exact) mass is 274 g/mol. The second-order valence-electron chi connectivity index (χ2n) is 5.16. The van der Waals surface area contributed by atoms with Crippen LogP contribution in [0, 0.1) is 0 Å². The number of benzene rings is 1. The number of hydrogen-bond donors (Lipinski definition) is 2. The summed E-state index contributed by atoms with van der Waals surface area (Å²) in [7, 11) is 3.91. The van der Waals surface area contributed by atoms with Gasteiger partial charge in [0.05, 0.1) is 11.8 Å². The molecule has 1 heterocycles. The summed E-state index contributed by atoms with van der Waals surface area (Å²) < 4.78 is 1.83. The van der Waals surface area contributed by atoms with Crippen molar-refractivity contribution < 1.29 is 5.11 Å². The van der Waals surface area contributed by atoms with Crippen molar-refractivity contribution in [1.29, 1.82) is 0 Å². The molecule has 0 saturated heterocycles. The average Bonchev–Trinajstić information content (AvgIpc) is 2.92. The van der Waals surface area contributed by atoms with Crippen LogP contribution in [0.4, 0.5) is 0 Å². The van der Waals surface area contributed by atoms with E-state index in [1.165, 1.54) is 5.56 Å². The van der Waals surface area contributed by atoms with Gasteiger partial charge >= 0.3 is 0 Å². The minimum atomic E-state index is -0.339. The van der Waals surface area contributed by atoms with Crippen molar-refractivity contribution in [3.63, 3.8) is 0 Å². The number of nitrogens with zero attached hydrogens (tertiary/aromatic N) is 3. The zero-order valence-electron chi connectivity index (χ0n) is 12.0. The van der Waals surface area contributed by atoms with Crippen molar-refractivity contribution in [1.82, 2.24) is 20.0 Å². The molecule has 1 aromatic heterocycles. The molecule has 0 amide bonds. The Balaban J connectivity index is 1.79. The second-order valence-corrected chi connectivity index (χ2v) is 5.16. The lowest BCUT2D eigenvalue weighted by Crippen LogP contribution is -2.34. The normalized spacial score (nSPS) is 12.8. The van der Waals surface area contributed by atoms with Crippen LogP contribution < -0.4 is 5.32 Å². The molecule has 0 aliphatic carbocycles. The first-order chi connectivity index (χ1) is 9.65. The minimum Gasteiger partial charge on any atom is -0.390 e. The molecule has 0 spiro atoms. The Morgan fingerprint density at radius 1 is 1.30 bits per heavy atom. The molecule has 0 fully saturated rings. The number of likely N-dealkylation sites (N-methyl/N-ethyl adjacent to an activating group) is 1. The van der Waals surface area contributed by atoms with Gasteiger partial charge in [0.15, 0.2) is 0 Å². The molecule has 108 valence electrons. The van der Waals surface area contributed by atoms with Gasteiger partial charge < -0.3 is 15.3 Å². The van der Waals surface area contributed by atoms with Crippen molar-refractivity contribution >= 4 is 0 Å². The first-order valence-electron chi connectivity index (χ1n) is 6.77. The fraction of sp³-hybridized carbons (Fsp3) is 0.400. The van der Waals surface area contributed by atoms with Crippen LogP contribution >= 0.6 is 0 Å². The van der Waals surface area contributed by atoms with Crippen LogP contribution in [0.3, 0.4) is 0 Å². The van der Waals surface area contributed by atoms with Gasteiger partial charge in [-0.1, -0.05) is 12.1 Å². The quantitative estimate of drug-likeness (QED) is 0.787. The Hall–Kier alpha value is -1.69. The fourth-order valence-corrected chi connectivity index (χ4v) is 2.06. The molecule has 1 unspecified atom stereocenters. The molecule has 5 heteroatoms. The van der Waals surface area contributed by atoms with E-state index >= 15 is 0 Å². The third kappa shape index (κ3) is 4.45. The van der Waals surface area contributed by atoms with Crippen LogP contribution in [0.1, 0.15) is 5.56 Å². The Morgan fingerprint density at radius 2 is 2.05 bits per heavy atom. The van der Waals surface area contributed by atoms with E-state index in [1.807, 2.05) is 48.1 Å². The van der Waals surface area contributed by atoms with Crippen molar-refractivity contribution in [2.75, 3.05) is 27.2 Å². The number of nitrogens with one attached hydrogen (secondary N) is 1. The summed E-state index contributed by atoms with van der Waals surface area (Å²) in [6.45, 7) is 2.02. The SMILES string of the molecule is CN(C)CC(O)CNCc1ccc(-n2cccn2)cc1. The topological polar surface area (TPSA) is 53.3 Å². The van der Waals surface area contributed by atoms with Crippen LogP contribution in [0.25, 0.3) is 5.69 Å². The van der Waals surface area contributed by atoms with E-state index in [0.29, 0.717) is 13.1 Å². The molecule has 2 N–H and O–H groups in total. The van der Waals surface area contributed by atoms with Crippen LogP contribution in [-0.2, 0) is 6.54 Å². The summed E-state index contributed by atoms with van der Waals surface area (Å²) in [4.78, 5) is 1.98. The lowest BCUT2D eigenvalue weighted by atomic mass is 10.2. The highest BCUT2D eigenvalue weighted by atomic mass is 16.3. The number of aromatic nitrogens is 2. The van der Waals surface area contributed by atoms with Gasteiger partial charge in [-0.3, -0.25) is 0 Å². The summed E-state index contributed by atoms with van der Waals surface area (Å²) in [5.74, 6) is 0. The van der Waals surface area contributed by atoms with Gasteiger partial charge in [0.2, 0.25) is 0 Å². The Kier molecular flexibility index (Phi) is 5.29. The first-order valence-corrected chi connectivity index (χ1v) is 6.77. The molecule has 0 aliphatic rings. The van der Waals surface area contributed by atoms with Crippen LogP contribution in [0.2, 0.25) is 0 Å². The number of hydrogen-bond acceptors (Lipinski definition) is 4. The molecular weight excluding hydrogens is 252 g/mol. The zero-order valence-corrected chi connectivity index (χ0v) is 12.0. The van der Waals surface area contributed by atoms with Crippen molar-refractivity contribution in [2.24, 2.45) is 0 Å². The molecule has 2 aromatic rings. The van der Waals surface area contributed by atoms with Gasteiger partial charge in [0, 0.05) is 32.0 Å². The van der Waals surface area contributed by atoms with E-state index in [2.05, 4.69) is 22.5 Å². The lowest BCUT2D eigenvalue weighted by molar-refractivity contribution is 0.134. The first kappa shape index (κ1) is 14.7. The molecule has 1 atom stereocenters. The van der Waals surface area contributed by atoms with E-state index in [4.69, 9.17) is 0 Å². The van der Waals surface area contributed by atoms with E-state index in [9.17, 15) is 5.11 Å². The maximum absolute atomic E-state index is 9.75. The third-order valence-corrected chi connectivity index (χ3v) is 2.99. The van der Waals surface area contributed by atoms with Gasteiger partial charge in [0.25, 0.3) is 0 Å². The highest BCUT2D eigenvalue weighted by molar-refractivity contribution is 5.33. The van der Waals surface area contributed by atoms with Crippen molar-refractivity contribution in [3.8, 4) is 5.69 Å². The molecule has 20 heavy (non-hydrogen) atoms. The van der Waals surface area contributed by atoms with Crippen molar-refractivity contribution in [3.05, 3.63) is 48.3 Å². The van der Waals surface area contributed by atoms with Crippen LogP contribution in [0.5, 0.6) is 0 Å². The molecule has 0 bridgehead atoms. The van der Waals surface area contributed by atoms with Gasteiger partial charge in [-0.05, 0) is 37.9 Å².